The minimum absolute atomic E-state index is 0.0823. The summed E-state index contributed by atoms with van der Waals surface area (Å²) in [4.78, 5) is 13.9. The smallest absolute Gasteiger partial charge is 0.410 e. The molecule has 0 radical (unpaired) electrons. The number of aromatic nitrogens is 2. The quantitative estimate of drug-likeness (QED) is 0.836. The molecule has 100 valence electrons. The van der Waals surface area contributed by atoms with Gasteiger partial charge in [-0.25, -0.2) is 4.79 Å². The summed E-state index contributed by atoms with van der Waals surface area (Å²) in [6.07, 6.45) is -0.288. The van der Waals surface area contributed by atoms with Gasteiger partial charge in [0.05, 0.1) is 0 Å². The number of carbonyl (C=O) groups is 1. The highest BCUT2D eigenvalue weighted by atomic mass is 32.1. The monoisotopic (exact) mass is 270 g/mol. The summed E-state index contributed by atoms with van der Waals surface area (Å²) in [5.74, 6) is 0. The summed E-state index contributed by atoms with van der Waals surface area (Å²) in [6.45, 7) is 7.69. The molecule has 1 aromatic rings. The number of nitrogens with zero attached hydrogens (tertiary/aromatic N) is 3. The third kappa shape index (κ3) is 3.17. The maximum absolute atomic E-state index is 12.2. The van der Waals surface area contributed by atoms with E-state index in [9.17, 15) is 4.79 Å². The van der Waals surface area contributed by atoms with Gasteiger partial charge in [-0.3, -0.25) is 4.90 Å². The molecular weight excluding hydrogens is 252 g/mol. The second-order valence-electron chi connectivity index (χ2n) is 5.17. The summed E-state index contributed by atoms with van der Waals surface area (Å²) in [7, 11) is 0. The van der Waals surface area contributed by atoms with Crippen LogP contribution in [0, 0.1) is 0 Å². The fourth-order valence-corrected chi connectivity index (χ4v) is 2.46. The van der Waals surface area contributed by atoms with Crippen molar-refractivity contribution < 1.29 is 9.53 Å². The lowest BCUT2D eigenvalue weighted by Crippen LogP contribution is -2.50. The Morgan fingerprint density at radius 1 is 1.61 bits per heavy atom. The SMILES string of the molecule is CC(C)(C)OC(=O)N1CCNCC1c1nncs1. The van der Waals surface area contributed by atoms with Gasteiger partial charge in [0.2, 0.25) is 0 Å². The molecule has 1 saturated heterocycles. The molecule has 1 amide bonds. The normalized spacial score (nSPS) is 20.8. The maximum Gasteiger partial charge on any atom is 0.410 e. The van der Waals surface area contributed by atoms with Crippen molar-refractivity contribution in [1.29, 1.82) is 0 Å². The summed E-state index contributed by atoms with van der Waals surface area (Å²) in [5, 5.41) is 12.0. The van der Waals surface area contributed by atoms with E-state index in [1.54, 1.807) is 10.4 Å². The first kappa shape index (κ1) is 13.2. The number of carbonyl (C=O) groups excluding carboxylic acids is 1. The first-order valence-corrected chi connectivity index (χ1v) is 6.82. The van der Waals surface area contributed by atoms with E-state index >= 15 is 0 Å². The van der Waals surface area contributed by atoms with Crippen LogP contribution in [0.4, 0.5) is 4.79 Å². The van der Waals surface area contributed by atoms with Gasteiger partial charge in [-0.05, 0) is 20.8 Å². The minimum atomic E-state index is -0.479. The van der Waals surface area contributed by atoms with Crippen molar-refractivity contribution in [1.82, 2.24) is 20.4 Å². The van der Waals surface area contributed by atoms with Crippen molar-refractivity contribution in [2.45, 2.75) is 32.4 Å². The molecule has 0 spiro atoms. The molecule has 0 saturated carbocycles. The number of hydrogen-bond donors (Lipinski definition) is 1. The number of nitrogens with one attached hydrogen (secondary N) is 1. The second-order valence-corrected chi connectivity index (χ2v) is 6.04. The molecule has 1 aromatic heterocycles. The standard InChI is InChI=1S/C11H18N4O2S/c1-11(2,3)17-10(16)15-5-4-12-6-8(15)9-14-13-7-18-9/h7-8,12H,4-6H2,1-3H3. The first-order valence-electron chi connectivity index (χ1n) is 5.94. The summed E-state index contributed by atoms with van der Waals surface area (Å²) in [6, 6.07) is -0.0823. The van der Waals surface area contributed by atoms with Crippen LogP contribution in [0.3, 0.4) is 0 Å². The Balaban J connectivity index is 2.11. The van der Waals surface area contributed by atoms with E-state index in [0.717, 1.165) is 11.6 Å². The van der Waals surface area contributed by atoms with Crippen molar-refractivity contribution >= 4 is 17.4 Å². The van der Waals surface area contributed by atoms with Gasteiger partial charge in [-0.1, -0.05) is 0 Å². The van der Waals surface area contributed by atoms with Gasteiger partial charge < -0.3 is 10.1 Å². The summed E-state index contributed by atoms with van der Waals surface area (Å²) >= 11 is 1.46. The number of ether oxygens (including phenoxy) is 1. The molecule has 7 heteroatoms. The Morgan fingerprint density at radius 2 is 2.39 bits per heavy atom. The molecule has 1 N–H and O–H groups in total. The summed E-state index contributed by atoms with van der Waals surface area (Å²) < 4.78 is 5.42. The third-order valence-electron chi connectivity index (χ3n) is 2.53. The van der Waals surface area contributed by atoms with E-state index in [-0.39, 0.29) is 12.1 Å². The number of hydrogen-bond acceptors (Lipinski definition) is 6. The molecule has 1 atom stereocenters. The predicted octanol–water partition coefficient (Wildman–Crippen LogP) is 1.42. The average molecular weight is 270 g/mol. The lowest BCUT2D eigenvalue weighted by Gasteiger charge is -2.35. The van der Waals surface area contributed by atoms with E-state index in [1.807, 2.05) is 20.8 Å². The molecule has 1 fully saturated rings. The highest BCUT2D eigenvalue weighted by molar-refractivity contribution is 7.09. The van der Waals surface area contributed by atoms with Crippen molar-refractivity contribution in [2.75, 3.05) is 19.6 Å². The zero-order chi connectivity index (χ0) is 13.2. The van der Waals surface area contributed by atoms with Crippen LogP contribution in [0.25, 0.3) is 0 Å². The van der Waals surface area contributed by atoms with Gasteiger partial charge in [0, 0.05) is 19.6 Å². The first-order chi connectivity index (χ1) is 8.47. The minimum Gasteiger partial charge on any atom is -0.444 e. The van der Waals surface area contributed by atoms with Gasteiger partial charge in [-0.15, -0.1) is 21.5 Å². The van der Waals surface area contributed by atoms with Gasteiger partial charge in [-0.2, -0.15) is 0 Å². The second kappa shape index (κ2) is 5.19. The van der Waals surface area contributed by atoms with Crippen LogP contribution in [-0.4, -0.2) is 46.4 Å². The molecule has 1 aliphatic heterocycles. The van der Waals surface area contributed by atoms with E-state index in [4.69, 9.17) is 4.74 Å². The van der Waals surface area contributed by atoms with Crippen LogP contribution in [0.5, 0.6) is 0 Å². The van der Waals surface area contributed by atoms with Gasteiger partial charge in [0.15, 0.2) is 0 Å². The molecule has 1 aliphatic rings. The topological polar surface area (TPSA) is 67.3 Å². The van der Waals surface area contributed by atoms with E-state index in [0.29, 0.717) is 13.1 Å². The molecule has 2 heterocycles. The third-order valence-corrected chi connectivity index (χ3v) is 3.33. The Hall–Kier alpha value is -1.21. The molecule has 1 unspecified atom stereocenters. The maximum atomic E-state index is 12.2. The van der Waals surface area contributed by atoms with Crippen LogP contribution in [0.15, 0.2) is 5.51 Å². The largest absolute Gasteiger partial charge is 0.444 e. The lowest BCUT2D eigenvalue weighted by atomic mass is 10.2. The van der Waals surface area contributed by atoms with E-state index in [1.165, 1.54) is 11.3 Å². The fraction of sp³-hybridized carbons (Fsp3) is 0.727. The number of rotatable bonds is 1. The van der Waals surface area contributed by atoms with E-state index < -0.39 is 5.60 Å². The molecule has 0 aliphatic carbocycles. The Morgan fingerprint density at radius 3 is 3.00 bits per heavy atom. The Kier molecular flexibility index (Phi) is 3.82. The van der Waals surface area contributed by atoms with Crippen LogP contribution >= 0.6 is 11.3 Å². The molecule has 2 rings (SSSR count). The number of piperazine rings is 1. The van der Waals surface area contributed by atoms with Crippen molar-refractivity contribution in [3.8, 4) is 0 Å². The van der Waals surface area contributed by atoms with Crippen LogP contribution in [0.1, 0.15) is 31.8 Å². The zero-order valence-electron chi connectivity index (χ0n) is 10.8. The van der Waals surface area contributed by atoms with Crippen LogP contribution < -0.4 is 5.32 Å². The van der Waals surface area contributed by atoms with Crippen LogP contribution in [-0.2, 0) is 4.74 Å². The zero-order valence-corrected chi connectivity index (χ0v) is 11.7. The average Bonchev–Trinajstić information content (AvgIpc) is 2.80. The molecule has 0 aromatic carbocycles. The van der Waals surface area contributed by atoms with Crippen LogP contribution in [0.2, 0.25) is 0 Å². The van der Waals surface area contributed by atoms with Crippen molar-refractivity contribution in [3.05, 3.63) is 10.5 Å². The van der Waals surface area contributed by atoms with Gasteiger partial charge in [0.1, 0.15) is 22.2 Å². The molecule has 18 heavy (non-hydrogen) atoms. The molecule has 0 bridgehead atoms. The highest BCUT2D eigenvalue weighted by Gasteiger charge is 2.32. The van der Waals surface area contributed by atoms with Gasteiger partial charge >= 0.3 is 6.09 Å². The predicted molar refractivity (Wildman–Crippen MR) is 68.5 cm³/mol. The fourth-order valence-electron chi connectivity index (χ4n) is 1.79. The number of amides is 1. The van der Waals surface area contributed by atoms with E-state index in [2.05, 4.69) is 15.5 Å². The van der Waals surface area contributed by atoms with Crippen molar-refractivity contribution in [3.63, 3.8) is 0 Å². The molecule has 6 nitrogen and oxygen atoms in total. The van der Waals surface area contributed by atoms with Crippen molar-refractivity contribution in [2.24, 2.45) is 0 Å². The van der Waals surface area contributed by atoms with Gasteiger partial charge in [0.25, 0.3) is 0 Å². The summed E-state index contributed by atoms with van der Waals surface area (Å²) in [5.41, 5.74) is 1.20. The Labute approximate surface area is 110 Å². The Bertz CT molecular complexity index is 402. The lowest BCUT2D eigenvalue weighted by molar-refractivity contribution is 0.0117. The molecular formula is C11H18N4O2S. The highest BCUT2D eigenvalue weighted by Crippen LogP contribution is 2.25.